The van der Waals surface area contributed by atoms with Crippen molar-refractivity contribution >= 4 is 0 Å². The Labute approximate surface area is 107 Å². The summed E-state index contributed by atoms with van der Waals surface area (Å²) in [5, 5.41) is 11.2. The Balaban J connectivity index is -0.0000000542. The van der Waals surface area contributed by atoms with Gasteiger partial charge in [-0.15, -0.1) is 0 Å². The van der Waals surface area contributed by atoms with Gasteiger partial charge >= 0.3 is 29.1 Å². The topological polar surface area (TPSA) is 80.7 Å². The van der Waals surface area contributed by atoms with E-state index in [4.69, 9.17) is 0 Å². The van der Waals surface area contributed by atoms with Gasteiger partial charge < -0.3 is 16.0 Å². The van der Waals surface area contributed by atoms with Gasteiger partial charge in [0.25, 0.3) is 0 Å². The first kappa shape index (κ1) is 24.5. The molecular weight excluding hydrogens is 362 g/mol. The molecule has 0 aliphatic rings. The van der Waals surface area contributed by atoms with Crippen molar-refractivity contribution in [2.24, 2.45) is 9.45 Å². The van der Waals surface area contributed by atoms with Crippen molar-refractivity contribution in [3.05, 3.63) is 16.0 Å². The van der Waals surface area contributed by atoms with Crippen molar-refractivity contribution in [2.45, 2.75) is 20.8 Å². The van der Waals surface area contributed by atoms with Crippen molar-refractivity contribution in [2.75, 3.05) is 40.8 Å². The summed E-state index contributed by atoms with van der Waals surface area (Å²) < 4.78 is 3.08. The van der Waals surface area contributed by atoms with Gasteiger partial charge in [-0.05, 0) is 0 Å². The first-order valence-corrected chi connectivity index (χ1v) is 6.16. The van der Waals surface area contributed by atoms with E-state index in [0.717, 1.165) is 39.3 Å². The minimum absolute atomic E-state index is 0.944. The van der Waals surface area contributed by atoms with E-state index in [0.29, 0.717) is 0 Å². The first-order chi connectivity index (χ1) is 7.16. The van der Waals surface area contributed by atoms with Crippen molar-refractivity contribution in [1.82, 2.24) is 0 Å². The van der Waals surface area contributed by atoms with Gasteiger partial charge in [0.15, 0.2) is 0 Å². The quantitative estimate of drug-likeness (QED) is 0.586. The van der Waals surface area contributed by atoms with E-state index < -0.39 is 0 Å². The summed E-state index contributed by atoms with van der Waals surface area (Å²) in [4.78, 5) is 0. The summed E-state index contributed by atoms with van der Waals surface area (Å²) in [6.45, 7) is 8.88. The third kappa shape index (κ3) is 197. The van der Waals surface area contributed by atoms with Crippen LogP contribution >= 0.6 is 0 Å². The van der Waals surface area contributed by atoms with Crippen molar-refractivity contribution in [3.63, 3.8) is 0 Å². The molecular formula is C9H26N5W-3. The van der Waals surface area contributed by atoms with Crippen LogP contribution in [0.5, 0.6) is 0 Å². The molecule has 5 nitrogen and oxygen atoms in total. The number of nitrogens with two attached hydrogens (primary N) is 1. The van der Waals surface area contributed by atoms with Crippen LogP contribution in [-0.2, 0) is 19.6 Å². The van der Waals surface area contributed by atoms with Crippen LogP contribution in [0.4, 0.5) is 0 Å². The standard InChI is InChI=1S/3C3H8N.H2N2.W/c3*1-3-4-2;1-2;/h3*3H2,1-2H3;1H2;/q3*-1;;. The minimum atomic E-state index is 0.944. The summed E-state index contributed by atoms with van der Waals surface area (Å²) in [5.41, 5.74) is 0. The van der Waals surface area contributed by atoms with Crippen LogP contribution in [0.1, 0.15) is 20.8 Å². The molecule has 0 heterocycles. The Morgan fingerprint density at radius 1 is 0.867 bits per heavy atom. The summed E-state index contributed by atoms with van der Waals surface area (Å²) >= 11 is 1.07. The fraction of sp³-hybridized carbons (Fsp3) is 1.00. The number of hydrogen-bond donors (Lipinski definition) is 1. The molecule has 2 N–H and O–H groups in total. The molecule has 0 saturated heterocycles. The molecule has 0 spiro atoms. The van der Waals surface area contributed by atoms with Gasteiger partial charge in [-0.1, -0.05) is 20.8 Å². The summed E-state index contributed by atoms with van der Waals surface area (Å²) in [7, 11) is 5.42. The monoisotopic (exact) mass is 388 g/mol. The van der Waals surface area contributed by atoms with E-state index in [9.17, 15) is 0 Å². The molecule has 0 aliphatic carbocycles. The van der Waals surface area contributed by atoms with E-state index in [1.165, 1.54) is 0 Å². The maximum absolute atomic E-state index is 4.51. The van der Waals surface area contributed by atoms with Crippen LogP contribution < -0.4 is 5.84 Å². The van der Waals surface area contributed by atoms with Gasteiger partial charge in [0, 0.05) is 0 Å². The fourth-order valence-corrected chi connectivity index (χ4v) is 0. The van der Waals surface area contributed by atoms with Gasteiger partial charge in [0.2, 0.25) is 0 Å². The second-order valence-electron chi connectivity index (χ2n) is 2.00. The molecule has 0 aromatic heterocycles. The number of hydrogen-bond acceptors (Lipinski definition) is 2. The van der Waals surface area contributed by atoms with Crippen molar-refractivity contribution in [3.8, 4) is 0 Å². The summed E-state index contributed by atoms with van der Waals surface area (Å²) in [6, 6.07) is 0. The Morgan fingerprint density at radius 3 is 0.933 bits per heavy atom. The Bertz CT molecular complexity index is 58.0. The first-order valence-electron chi connectivity index (χ1n) is 4.85. The van der Waals surface area contributed by atoms with Gasteiger partial charge in [-0.2, -0.15) is 40.8 Å². The zero-order valence-corrected chi connectivity index (χ0v) is 13.8. The number of rotatable bonds is 3. The molecule has 0 amide bonds. The maximum atomic E-state index is 4.51. The third-order valence-electron chi connectivity index (χ3n) is 0.949. The molecule has 0 aromatic carbocycles. The van der Waals surface area contributed by atoms with Gasteiger partial charge in [-0.25, -0.2) is 0 Å². The van der Waals surface area contributed by atoms with Crippen LogP contribution in [0.2, 0.25) is 0 Å². The average Bonchev–Trinajstić information content (AvgIpc) is 2.30. The van der Waals surface area contributed by atoms with E-state index in [1.807, 2.05) is 20.8 Å². The molecule has 6 heteroatoms. The molecule has 0 fully saturated rings. The third-order valence-corrected chi connectivity index (χ3v) is 0.949. The molecule has 96 valence electrons. The molecule has 0 bridgehead atoms. The van der Waals surface area contributed by atoms with E-state index in [1.54, 1.807) is 21.1 Å². The normalized spacial score (nSPS) is 6.87. The van der Waals surface area contributed by atoms with Crippen molar-refractivity contribution < 1.29 is 19.6 Å². The molecule has 0 aliphatic heterocycles. The van der Waals surface area contributed by atoms with Crippen LogP contribution in [0.3, 0.4) is 0 Å². The molecule has 0 aromatic rings. The molecule has 0 rings (SSSR count). The van der Waals surface area contributed by atoms with Crippen molar-refractivity contribution in [1.29, 1.82) is 0 Å². The second-order valence-corrected chi connectivity index (χ2v) is 2.76. The fourth-order valence-electron chi connectivity index (χ4n) is 0. The Kier molecular flexibility index (Phi) is 77.5. The van der Waals surface area contributed by atoms with Gasteiger partial charge in [0.1, 0.15) is 0 Å². The molecule has 0 saturated carbocycles. The van der Waals surface area contributed by atoms with E-state index in [-0.39, 0.29) is 0 Å². The summed E-state index contributed by atoms with van der Waals surface area (Å²) in [5.74, 6) is 4.51. The van der Waals surface area contributed by atoms with Crippen LogP contribution in [0.25, 0.3) is 16.0 Å². The predicted molar refractivity (Wildman–Crippen MR) is 66.1 cm³/mol. The molecule has 0 unspecified atom stereocenters. The zero-order valence-electron chi connectivity index (χ0n) is 10.9. The summed E-state index contributed by atoms with van der Waals surface area (Å²) in [6.07, 6.45) is 0. The SMILES string of the molecule is CC[N-]C.CC[N-]C.CC[N-]C.N[N]=[W]. The van der Waals surface area contributed by atoms with Crippen LogP contribution in [-0.4, -0.2) is 40.8 Å². The zero-order chi connectivity index (χ0) is 12.9. The van der Waals surface area contributed by atoms with E-state index >= 15 is 0 Å². The van der Waals surface area contributed by atoms with Gasteiger partial charge in [-0.3, -0.25) is 0 Å². The molecule has 15 heavy (non-hydrogen) atoms. The predicted octanol–water partition coefficient (Wildman–Crippen LogP) is 2.62. The second kappa shape index (κ2) is 47.4. The number of nitrogens with zero attached hydrogens (tertiary/aromatic N) is 4. The Hall–Kier alpha value is 0.328. The van der Waals surface area contributed by atoms with E-state index in [2.05, 4.69) is 25.4 Å². The molecule has 0 atom stereocenters. The average molecular weight is 388 g/mol. The van der Waals surface area contributed by atoms with Crippen LogP contribution in [0.15, 0.2) is 3.60 Å². The Morgan fingerprint density at radius 2 is 0.933 bits per heavy atom. The molecule has 0 radical (unpaired) electrons. The van der Waals surface area contributed by atoms with Gasteiger partial charge in [0.05, 0.1) is 0 Å². The van der Waals surface area contributed by atoms with Crippen LogP contribution in [0, 0.1) is 0 Å².